The second kappa shape index (κ2) is 9.78. The number of esters is 1. The van der Waals surface area contributed by atoms with Crippen LogP contribution >= 0.6 is 23.2 Å². The summed E-state index contributed by atoms with van der Waals surface area (Å²) in [5.74, 6) is 1.24. The zero-order chi connectivity index (χ0) is 20.1. The number of carbonyl (C=O) groups excluding carboxylic acids is 1. The van der Waals surface area contributed by atoms with Crippen molar-refractivity contribution in [2.75, 3.05) is 13.7 Å². The maximum absolute atomic E-state index is 11.6. The van der Waals surface area contributed by atoms with Crippen molar-refractivity contribution in [2.24, 2.45) is 11.8 Å². The van der Waals surface area contributed by atoms with Gasteiger partial charge < -0.3 is 9.84 Å². The van der Waals surface area contributed by atoms with Gasteiger partial charge in [-0.2, -0.15) is 0 Å². The highest BCUT2D eigenvalue weighted by atomic mass is 35.5. The molecule has 2 aromatic rings. The number of aliphatic hydroxyl groups is 1. The van der Waals surface area contributed by atoms with E-state index in [4.69, 9.17) is 27.9 Å². The van der Waals surface area contributed by atoms with Crippen molar-refractivity contribution in [3.8, 4) is 0 Å². The number of rotatable bonds is 6. The number of ether oxygens (including phenoxy) is 1. The van der Waals surface area contributed by atoms with Crippen LogP contribution in [0.15, 0.2) is 48.5 Å². The van der Waals surface area contributed by atoms with Gasteiger partial charge >= 0.3 is 5.97 Å². The summed E-state index contributed by atoms with van der Waals surface area (Å²) in [6, 6.07) is 15.3. The SMILES string of the molecule is COC(=O)[C@H](c1ccc(Cl)cc1)C1CC1.OC[C@H](c1ccc(Cl)cc1)C1CC1. The van der Waals surface area contributed by atoms with Gasteiger partial charge in [0, 0.05) is 16.0 Å². The third-order valence-electron chi connectivity index (χ3n) is 5.46. The number of halogens is 2. The van der Waals surface area contributed by atoms with E-state index in [1.165, 1.54) is 25.5 Å². The molecule has 0 aliphatic heterocycles. The molecule has 2 fully saturated rings. The average molecular weight is 421 g/mol. The lowest BCUT2D eigenvalue weighted by Crippen LogP contribution is -2.16. The Bertz CT molecular complexity index is 765. The Morgan fingerprint density at radius 2 is 1.39 bits per heavy atom. The zero-order valence-corrected chi connectivity index (χ0v) is 17.5. The normalized spacial score (nSPS) is 17.9. The predicted octanol–water partition coefficient (Wildman–Crippen LogP) is 5.83. The highest BCUT2D eigenvalue weighted by molar-refractivity contribution is 6.30. The smallest absolute Gasteiger partial charge is 0.313 e. The monoisotopic (exact) mass is 420 g/mol. The Morgan fingerprint density at radius 1 is 0.929 bits per heavy atom. The second-order valence-electron chi connectivity index (χ2n) is 7.57. The van der Waals surface area contributed by atoms with E-state index < -0.39 is 0 Å². The molecule has 2 aromatic carbocycles. The average Bonchev–Trinajstić information content (AvgIpc) is 3.61. The molecule has 2 aliphatic rings. The van der Waals surface area contributed by atoms with Gasteiger partial charge in [0.25, 0.3) is 0 Å². The molecule has 2 saturated carbocycles. The minimum atomic E-state index is -0.139. The number of aliphatic hydroxyl groups excluding tert-OH is 1. The van der Waals surface area contributed by atoms with Gasteiger partial charge in [0.1, 0.15) is 0 Å². The molecule has 0 saturated heterocycles. The van der Waals surface area contributed by atoms with Crippen molar-refractivity contribution in [1.82, 2.24) is 0 Å². The van der Waals surface area contributed by atoms with Gasteiger partial charge in [0.15, 0.2) is 0 Å². The first kappa shape index (κ1) is 21.2. The van der Waals surface area contributed by atoms with Crippen molar-refractivity contribution in [3.63, 3.8) is 0 Å². The molecule has 0 amide bonds. The first-order chi connectivity index (χ1) is 13.5. The van der Waals surface area contributed by atoms with E-state index in [9.17, 15) is 9.90 Å². The van der Waals surface area contributed by atoms with Crippen molar-refractivity contribution in [1.29, 1.82) is 0 Å². The van der Waals surface area contributed by atoms with Crippen LogP contribution in [-0.4, -0.2) is 24.8 Å². The molecule has 0 spiro atoms. The Balaban J connectivity index is 0.000000162. The van der Waals surface area contributed by atoms with Gasteiger partial charge in [-0.05, 0) is 72.9 Å². The molecule has 28 heavy (non-hydrogen) atoms. The number of hydrogen-bond acceptors (Lipinski definition) is 3. The van der Waals surface area contributed by atoms with Gasteiger partial charge in [0.2, 0.25) is 0 Å². The minimum absolute atomic E-state index is 0.104. The van der Waals surface area contributed by atoms with Crippen LogP contribution in [0.25, 0.3) is 0 Å². The summed E-state index contributed by atoms with van der Waals surface area (Å²) in [5, 5.41) is 10.7. The van der Waals surface area contributed by atoms with Crippen LogP contribution in [0.2, 0.25) is 10.0 Å². The van der Waals surface area contributed by atoms with Crippen LogP contribution in [0, 0.1) is 11.8 Å². The van der Waals surface area contributed by atoms with E-state index in [2.05, 4.69) is 0 Å². The van der Waals surface area contributed by atoms with Crippen molar-refractivity contribution in [3.05, 3.63) is 69.7 Å². The van der Waals surface area contributed by atoms with Crippen molar-refractivity contribution < 1.29 is 14.6 Å². The summed E-state index contributed by atoms with van der Waals surface area (Å²) in [7, 11) is 1.44. The molecular formula is C23H26Cl2O3. The molecule has 0 unspecified atom stereocenters. The predicted molar refractivity (Wildman–Crippen MR) is 113 cm³/mol. The largest absolute Gasteiger partial charge is 0.469 e. The Hall–Kier alpha value is -1.55. The number of carbonyl (C=O) groups is 1. The zero-order valence-electron chi connectivity index (χ0n) is 16.0. The third-order valence-corrected chi connectivity index (χ3v) is 5.97. The summed E-state index contributed by atoms with van der Waals surface area (Å²) in [4.78, 5) is 11.6. The Morgan fingerprint density at radius 3 is 1.79 bits per heavy atom. The fourth-order valence-corrected chi connectivity index (χ4v) is 3.81. The fraction of sp³-hybridized carbons (Fsp3) is 0.435. The molecule has 0 aromatic heterocycles. The molecule has 150 valence electrons. The summed E-state index contributed by atoms with van der Waals surface area (Å²) < 4.78 is 4.83. The van der Waals surface area contributed by atoms with Crippen LogP contribution in [0.3, 0.4) is 0 Å². The Kier molecular flexibility index (Phi) is 7.39. The molecule has 2 atom stereocenters. The van der Waals surface area contributed by atoms with Crippen LogP contribution in [-0.2, 0) is 9.53 Å². The van der Waals surface area contributed by atoms with Crippen molar-refractivity contribution >= 4 is 29.2 Å². The third kappa shape index (κ3) is 5.73. The van der Waals surface area contributed by atoms with E-state index >= 15 is 0 Å². The van der Waals surface area contributed by atoms with Gasteiger partial charge in [-0.1, -0.05) is 47.5 Å². The van der Waals surface area contributed by atoms with Crippen LogP contribution in [0.4, 0.5) is 0 Å². The molecule has 3 nitrogen and oxygen atoms in total. The molecule has 1 N–H and O–H groups in total. The lowest BCUT2D eigenvalue weighted by Gasteiger charge is -2.13. The molecule has 4 rings (SSSR count). The summed E-state index contributed by atoms with van der Waals surface area (Å²) in [5.41, 5.74) is 2.23. The second-order valence-corrected chi connectivity index (χ2v) is 8.44. The Labute approximate surface area is 176 Å². The molecule has 0 heterocycles. The van der Waals surface area contributed by atoms with E-state index in [0.717, 1.165) is 23.4 Å². The quantitative estimate of drug-likeness (QED) is 0.597. The lowest BCUT2D eigenvalue weighted by molar-refractivity contribution is -0.143. The van der Waals surface area contributed by atoms with E-state index in [1.807, 2.05) is 48.5 Å². The molecular weight excluding hydrogens is 395 g/mol. The summed E-state index contributed by atoms with van der Waals surface area (Å²) in [6.07, 6.45) is 4.74. The minimum Gasteiger partial charge on any atom is -0.469 e. The first-order valence-electron chi connectivity index (χ1n) is 9.73. The molecule has 2 aliphatic carbocycles. The number of benzene rings is 2. The van der Waals surface area contributed by atoms with Gasteiger partial charge in [-0.15, -0.1) is 0 Å². The van der Waals surface area contributed by atoms with E-state index in [0.29, 0.717) is 22.8 Å². The van der Waals surface area contributed by atoms with Crippen LogP contribution in [0.5, 0.6) is 0 Å². The van der Waals surface area contributed by atoms with Crippen LogP contribution < -0.4 is 0 Å². The van der Waals surface area contributed by atoms with Crippen LogP contribution in [0.1, 0.15) is 48.6 Å². The van der Waals surface area contributed by atoms with Gasteiger partial charge in [-0.3, -0.25) is 4.79 Å². The van der Waals surface area contributed by atoms with E-state index in [-0.39, 0.29) is 18.5 Å². The highest BCUT2D eigenvalue weighted by Gasteiger charge is 2.37. The lowest BCUT2D eigenvalue weighted by atomic mass is 9.94. The number of methoxy groups -OCH3 is 1. The van der Waals surface area contributed by atoms with Gasteiger partial charge in [-0.25, -0.2) is 0 Å². The maximum atomic E-state index is 11.6. The standard InChI is InChI=1S/C12H13ClO2.C11H13ClO/c1-15-12(14)11(8-2-3-8)9-4-6-10(13)7-5-9;12-10-5-3-9(4-6-10)11(7-13)8-1-2-8/h4-8,11H,2-3H2,1H3;3-6,8,11,13H,1-2,7H2/t2*11-/m00/s1. The van der Waals surface area contributed by atoms with Gasteiger partial charge in [0.05, 0.1) is 19.6 Å². The maximum Gasteiger partial charge on any atom is 0.313 e. The summed E-state index contributed by atoms with van der Waals surface area (Å²) >= 11 is 11.6. The summed E-state index contributed by atoms with van der Waals surface area (Å²) in [6.45, 7) is 0.256. The molecule has 0 bridgehead atoms. The highest BCUT2D eigenvalue weighted by Crippen LogP contribution is 2.43. The van der Waals surface area contributed by atoms with Crippen molar-refractivity contribution in [2.45, 2.75) is 37.5 Å². The molecule has 5 heteroatoms. The number of hydrogen-bond donors (Lipinski definition) is 1. The topological polar surface area (TPSA) is 46.5 Å². The molecule has 0 radical (unpaired) electrons. The first-order valence-corrected chi connectivity index (χ1v) is 10.5. The van der Waals surface area contributed by atoms with E-state index in [1.54, 1.807) is 0 Å². The fourth-order valence-electron chi connectivity index (χ4n) is 3.56.